The Bertz CT molecular complexity index is 228. The fraction of sp³-hybridized carbons (Fsp3) is 0.958. The van der Waals surface area contributed by atoms with Gasteiger partial charge in [0.15, 0.2) is 0 Å². The minimum absolute atomic E-state index is 1.37. The van der Waals surface area contributed by atoms with Crippen LogP contribution in [0.15, 0.2) is 0 Å². The molecule has 1 fully saturated rings. The second-order valence-electron chi connectivity index (χ2n) is 8.36. The van der Waals surface area contributed by atoms with E-state index in [-0.39, 0.29) is 0 Å². The Hall–Kier alpha value is 0. The molecule has 0 aliphatic heterocycles. The van der Waals surface area contributed by atoms with E-state index in [0.29, 0.717) is 0 Å². The third kappa shape index (κ3) is 16.8. The second-order valence-corrected chi connectivity index (χ2v) is 8.36. The maximum absolute atomic E-state index is 2.30. The smallest absolute Gasteiger partial charge is 0.0241 e. The van der Waals surface area contributed by atoms with Gasteiger partial charge in [-0.15, -0.1) is 0 Å². The molecule has 0 atom stereocenters. The van der Waals surface area contributed by atoms with E-state index in [1.807, 2.05) is 5.92 Å². The van der Waals surface area contributed by atoms with E-state index in [4.69, 9.17) is 0 Å². The lowest BCUT2D eigenvalue weighted by atomic mass is 10.0. The molecule has 0 saturated heterocycles. The van der Waals surface area contributed by atoms with Gasteiger partial charge in [-0.25, -0.2) is 0 Å². The van der Waals surface area contributed by atoms with Crippen LogP contribution in [-0.4, -0.2) is 0 Å². The molecule has 1 rings (SSSR count). The molecule has 24 heavy (non-hydrogen) atoms. The van der Waals surface area contributed by atoms with Gasteiger partial charge in [-0.1, -0.05) is 129 Å². The molecule has 1 saturated carbocycles. The van der Waals surface area contributed by atoms with Crippen molar-refractivity contribution in [3.8, 4) is 0 Å². The van der Waals surface area contributed by atoms with Gasteiger partial charge in [-0.2, -0.15) is 0 Å². The van der Waals surface area contributed by atoms with Gasteiger partial charge in [-0.05, 0) is 25.2 Å². The molecule has 0 heterocycles. The number of hydrogen-bond acceptors (Lipinski definition) is 0. The zero-order valence-corrected chi connectivity index (χ0v) is 17.1. The quantitative estimate of drug-likeness (QED) is 0.194. The van der Waals surface area contributed by atoms with E-state index in [0.717, 1.165) is 0 Å². The summed E-state index contributed by atoms with van der Waals surface area (Å²) < 4.78 is 0. The lowest BCUT2D eigenvalue weighted by Gasteiger charge is -2.04. The van der Waals surface area contributed by atoms with Gasteiger partial charge in [0.25, 0.3) is 0 Å². The molecular formula is C24H47. The largest absolute Gasteiger partial charge is 0.0654 e. The molecule has 0 N–H and O–H groups in total. The highest BCUT2D eigenvalue weighted by atomic mass is 14.3. The summed E-state index contributed by atoms with van der Waals surface area (Å²) in [7, 11) is 0. The summed E-state index contributed by atoms with van der Waals surface area (Å²) in [6.07, 6.45) is 32.5. The third-order valence-electron chi connectivity index (χ3n) is 5.74. The van der Waals surface area contributed by atoms with Gasteiger partial charge >= 0.3 is 0 Å². The van der Waals surface area contributed by atoms with Gasteiger partial charge in [0.2, 0.25) is 0 Å². The molecule has 0 aromatic carbocycles. The summed E-state index contributed by atoms with van der Waals surface area (Å²) in [5.41, 5.74) is 0. The van der Waals surface area contributed by atoms with Crippen LogP contribution < -0.4 is 0 Å². The van der Waals surface area contributed by atoms with Gasteiger partial charge in [-0.3, -0.25) is 0 Å². The van der Waals surface area contributed by atoms with Crippen molar-refractivity contribution in [3.63, 3.8) is 0 Å². The Morgan fingerprint density at radius 2 is 0.708 bits per heavy atom. The molecule has 0 spiro atoms. The van der Waals surface area contributed by atoms with Crippen molar-refractivity contribution < 1.29 is 0 Å². The van der Waals surface area contributed by atoms with Crippen LogP contribution in [0, 0.1) is 5.92 Å². The number of unbranched alkanes of at least 4 members (excludes halogenated alkanes) is 18. The van der Waals surface area contributed by atoms with Crippen LogP contribution in [0.3, 0.4) is 0 Å². The number of hydrogen-bond donors (Lipinski definition) is 0. The van der Waals surface area contributed by atoms with E-state index in [2.05, 4.69) is 6.92 Å². The Labute approximate surface area is 154 Å². The highest BCUT2D eigenvalue weighted by molar-refractivity contribution is 5.04. The summed E-state index contributed by atoms with van der Waals surface area (Å²) in [4.78, 5) is 0. The fourth-order valence-electron chi connectivity index (χ4n) is 3.79. The van der Waals surface area contributed by atoms with Crippen molar-refractivity contribution in [1.82, 2.24) is 0 Å². The topological polar surface area (TPSA) is 0 Å². The van der Waals surface area contributed by atoms with Crippen LogP contribution in [-0.2, 0) is 0 Å². The van der Waals surface area contributed by atoms with E-state index >= 15 is 0 Å². The summed E-state index contributed by atoms with van der Waals surface area (Å²) in [6.45, 7) is 2.30. The lowest BCUT2D eigenvalue weighted by Crippen LogP contribution is -1.84. The first-order valence-corrected chi connectivity index (χ1v) is 11.8. The zero-order chi connectivity index (χ0) is 17.1. The Kier molecular flexibility index (Phi) is 16.4. The Balaban J connectivity index is 1.59. The first-order valence-electron chi connectivity index (χ1n) is 11.8. The van der Waals surface area contributed by atoms with Crippen LogP contribution >= 0.6 is 0 Å². The summed E-state index contributed by atoms with van der Waals surface area (Å²) in [5, 5.41) is 0. The van der Waals surface area contributed by atoms with E-state index in [1.165, 1.54) is 141 Å². The summed E-state index contributed by atoms with van der Waals surface area (Å²) in [5.74, 6) is 1.85. The average Bonchev–Trinajstić information content (AvgIpc) is 3.41. The summed E-state index contributed by atoms with van der Waals surface area (Å²) in [6, 6.07) is 0. The SMILES string of the molecule is CCCCCCCCCCCCCCCCCCCCC[C]1CC1. The molecule has 0 amide bonds. The predicted molar refractivity (Wildman–Crippen MR) is 110 cm³/mol. The maximum atomic E-state index is 2.30. The van der Waals surface area contributed by atoms with Crippen LogP contribution in [0.2, 0.25) is 0 Å². The zero-order valence-electron chi connectivity index (χ0n) is 17.1. The van der Waals surface area contributed by atoms with Crippen LogP contribution in [0.25, 0.3) is 0 Å². The molecule has 1 radical (unpaired) electrons. The fourth-order valence-corrected chi connectivity index (χ4v) is 3.79. The number of rotatable bonds is 20. The van der Waals surface area contributed by atoms with Crippen LogP contribution in [0.1, 0.15) is 148 Å². The average molecular weight is 336 g/mol. The van der Waals surface area contributed by atoms with E-state index in [9.17, 15) is 0 Å². The predicted octanol–water partition coefficient (Wildman–Crippen LogP) is 9.18. The van der Waals surface area contributed by atoms with Crippen LogP contribution in [0.5, 0.6) is 0 Å². The molecule has 0 heteroatoms. The lowest BCUT2D eigenvalue weighted by molar-refractivity contribution is 0.523. The Morgan fingerprint density at radius 3 is 1.00 bits per heavy atom. The van der Waals surface area contributed by atoms with Gasteiger partial charge < -0.3 is 0 Å². The highest BCUT2D eigenvalue weighted by Crippen LogP contribution is 2.36. The summed E-state index contributed by atoms with van der Waals surface area (Å²) >= 11 is 0. The van der Waals surface area contributed by atoms with Gasteiger partial charge in [0, 0.05) is 0 Å². The monoisotopic (exact) mass is 335 g/mol. The Morgan fingerprint density at radius 1 is 0.417 bits per heavy atom. The molecule has 1 aliphatic carbocycles. The molecule has 0 unspecified atom stereocenters. The van der Waals surface area contributed by atoms with Crippen molar-refractivity contribution in [2.75, 3.05) is 0 Å². The molecule has 0 aromatic rings. The molecule has 143 valence electrons. The highest BCUT2D eigenvalue weighted by Gasteiger charge is 2.20. The second kappa shape index (κ2) is 17.8. The molecule has 0 bridgehead atoms. The van der Waals surface area contributed by atoms with Crippen molar-refractivity contribution in [1.29, 1.82) is 0 Å². The van der Waals surface area contributed by atoms with E-state index < -0.39 is 0 Å². The normalized spacial score (nSPS) is 14.4. The first-order chi connectivity index (χ1) is 11.9. The molecule has 1 aliphatic rings. The van der Waals surface area contributed by atoms with Crippen LogP contribution in [0.4, 0.5) is 0 Å². The van der Waals surface area contributed by atoms with Crippen molar-refractivity contribution in [2.45, 2.75) is 148 Å². The van der Waals surface area contributed by atoms with E-state index in [1.54, 1.807) is 0 Å². The third-order valence-corrected chi connectivity index (χ3v) is 5.74. The van der Waals surface area contributed by atoms with Gasteiger partial charge in [0.1, 0.15) is 0 Å². The van der Waals surface area contributed by atoms with Gasteiger partial charge in [0.05, 0.1) is 0 Å². The van der Waals surface area contributed by atoms with Crippen molar-refractivity contribution in [2.24, 2.45) is 0 Å². The van der Waals surface area contributed by atoms with Crippen molar-refractivity contribution in [3.05, 3.63) is 5.92 Å². The minimum Gasteiger partial charge on any atom is -0.0654 e. The minimum atomic E-state index is 1.37. The maximum Gasteiger partial charge on any atom is -0.0241 e. The molecule has 0 aromatic heterocycles. The standard InChI is InChI=1S/C24H47/c1-2-3-4-5-6-7-8-9-10-11-12-13-14-15-16-17-18-19-20-21-24-22-23-24/h2-23H2,1H3. The first kappa shape index (κ1) is 22.0. The van der Waals surface area contributed by atoms with Crippen molar-refractivity contribution >= 4 is 0 Å². The molecule has 0 nitrogen and oxygen atoms in total. The molecular weight excluding hydrogens is 288 g/mol.